The Hall–Kier alpha value is -3.61. The van der Waals surface area contributed by atoms with Crippen LogP contribution < -0.4 is 5.32 Å². The molecule has 0 aromatic heterocycles. The van der Waals surface area contributed by atoms with Gasteiger partial charge in [-0.25, -0.2) is 0 Å². The van der Waals surface area contributed by atoms with Gasteiger partial charge < -0.3 is 10.4 Å². The fraction of sp³-hybridized carbons (Fsp3) is 0.333. The first-order valence-electron chi connectivity index (χ1n) is 12.6. The molecule has 0 saturated heterocycles. The quantitative estimate of drug-likeness (QED) is 0.375. The minimum absolute atomic E-state index is 0.0783. The van der Waals surface area contributed by atoms with Crippen LogP contribution in [0.25, 0.3) is 11.1 Å². The number of amides is 1. The monoisotopic (exact) mass is 507 g/mol. The Morgan fingerprint density at radius 1 is 0.865 bits per heavy atom. The van der Waals surface area contributed by atoms with E-state index in [9.17, 15) is 22.8 Å². The molecule has 2 N–H and O–H groups in total. The molecule has 2 bridgehead atoms. The second-order valence-corrected chi connectivity index (χ2v) is 10.2. The number of carboxylic acid groups (broad SMARTS) is 1. The van der Waals surface area contributed by atoms with Gasteiger partial charge in [0.25, 0.3) is 5.91 Å². The van der Waals surface area contributed by atoms with Gasteiger partial charge in [-0.05, 0) is 77.6 Å². The highest BCUT2D eigenvalue weighted by Crippen LogP contribution is 2.60. The van der Waals surface area contributed by atoms with E-state index < -0.39 is 17.7 Å². The van der Waals surface area contributed by atoms with Gasteiger partial charge >= 0.3 is 12.1 Å². The highest BCUT2D eigenvalue weighted by Gasteiger charge is 2.52. The minimum Gasteiger partial charge on any atom is -0.481 e. The number of alkyl halides is 3. The molecule has 3 aromatic rings. The molecule has 2 aliphatic rings. The molecule has 0 radical (unpaired) electrons. The lowest BCUT2D eigenvalue weighted by Gasteiger charge is -2.39. The molecule has 4 nitrogen and oxygen atoms in total. The third kappa shape index (κ3) is 4.87. The van der Waals surface area contributed by atoms with Crippen molar-refractivity contribution in [2.75, 3.05) is 6.54 Å². The average Bonchev–Trinajstić information content (AvgIpc) is 3.51. The SMILES string of the molecule is O=C(O)CCNC(=O)c1ccc(C2(c3ccc(-c4ccc(C(F)(F)F)cc4)cc3)CC3CCC2C3)cc1. The number of aliphatic carboxylic acids is 1. The van der Waals surface area contributed by atoms with Gasteiger partial charge in [-0.3, -0.25) is 9.59 Å². The van der Waals surface area contributed by atoms with E-state index in [-0.39, 0.29) is 24.3 Å². The Bertz CT molecular complexity index is 1280. The fourth-order valence-electron chi connectivity index (χ4n) is 6.32. The number of halogens is 3. The Kier molecular flexibility index (Phi) is 6.56. The molecular formula is C30H28F3NO3. The first kappa shape index (κ1) is 25.1. The minimum atomic E-state index is -4.36. The average molecular weight is 508 g/mol. The number of fused-ring (bicyclic) bond motifs is 2. The van der Waals surface area contributed by atoms with Crippen molar-refractivity contribution >= 4 is 11.9 Å². The zero-order valence-electron chi connectivity index (χ0n) is 20.2. The molecule has 2 aliphatic carbocycles. The molecule has 192 valence electrons. The molecule has 2 fully saturated rings. The van der Waals surface area contributed by atoms with Crippen LogP contribution in [-0.4, -0.2) is 23.5 Å². The van der Waals surface area contributed by atoms with Crippen LogP contribution in [-0.2, 0) is 16.4 Å². The van der Waals surface area contributed by atoms with Crippen LogP contribution in [0.1, 0.15) is 59.2 Å². The Balaban J connectivity index is 1.41. The summed E-state index contributed by atoms with van der Waals surface area (Å²) in [6.07, 6.45) is 0.0755. The van der Waals surface area contributed by atoms with Crippen LogP contribution in [0, 0.1) is 11.8 Å². The molecule has 0 heterocycles. The molecule has 1 amide bonds. The van der Waals surface area contributed by atoms with E-state index in [1.807, 2.05) is 24.3 Å². The highest BCUT2D eigenvalue weighted by molar-refractivity contribution is 5.94. The summed E-state index contributed by atoms with van der Waals surface area (Å²) in [5.74, 6) is -0.114. The van der Waals surface area contributed by atoms with Gasteiger partial charge in [0.1, 0.15) is 0 Å². The maximum Gasteiger partial charge on any atom is 0.416 e. The summed E-state index contributed by atoms with van der Waals surface area (Å²) >= 11 is 0. The molecule has 2 saturated carbocycles. The molecular weight excluding hydrogens is 479 g/mol. The third-order valence-electron chi connectivity index (χ3n) is 8.08. The van der Waals surface area contributed by atoms with E-state index in [1.165, 1.54) is 24.1 Å². The van der Waals surface area contributed by atoms with E-state index in [0.717, 1.165) is 48.1 Å². The van der Waals surface area contributed by atoms with Crippen LogP contribution in [0.15, 0.2) is 72.8 Å². The predicted octanol–water partition coefficient (Wildman–Crippen LogP) is 6.68. The molecule has 0 aliphatic heterocycles. The summed E-state index contributed by atoms with van der Waals surface area (Å²) in [6, 6.07) is 21.0. The fourth-order valence-corrected chi connectivity index (χ4v) is 6.32. The van der Waals surface area contributed by atoms with Crippen LogP contribution in [0.5, 0.6) is 0 Å². The number of carbonyl (C=O) groups excluding carboxylic acids is 1. The lowest BCUT2D eigenvalue weighted by Crippen LogP contribution is -2.34. The van der Waals surface area contributed by atoms with Crippen LogP contribution in [0.4, 0.5) is 13.2 Å². The summed E-state index contributed by atoms with van der Waals surface area (Å²) in [5.41, 5.74) is 3.61. The molecule has 5 rings (SSSR count). The number of nitrogens with one attached hydrogen (secondary N) is 1. The Morgan fingerprint density at radius 2 is 1.43 bits per heavy atom. The van der Waals surface area contributed by atoms with Gasteiger partial charge in [0.15, 0.2) is 0 Å². The van der Waals surface area contributed by atoms with Gasteiger partial charge in [-0.2, -0.15) is 13.2 Å². The highest BCUT2D eigenvalue weighted by atomic mass is 19.4. The normalized spacial score (nSPS) is 22.7. The summed E-state index contributed by atoms with van der Waals surface area (Å²) in [5, 5.41) is 11.4. The largest absolute Gasteiger partial charge is 0.481 e. The zero-order chi connectivity index (χ0) is 26.2. The maximum absolute atomic E-state index is 12.9. The van der Waals surface area contributed by atoms with Crippen molar-refractivity contribution in [3.05, 3.63) is 95.1 Å². The Labute approximate surface area is 213 Å². The van der Waals surface area contributed by atoms with Crippen LogP contribution >= 0.6 is 0 Å². The first-order valence-corrected chi connectivity index (χ1v) is 12.6. The van der Waals surface area contributed by atoms with Crippen molar-refractivity contribution < 1.29 is 27.9 Å². The standard InChI is InChI=1S/C30H28F3NO3/c31-30(32,33)25-13-4-21(5-14-25)20-2-9-23(10-3-20)29(18-19-1-8-26(29)17-19)24-11-6-22(7-12-24)28(37)34-16-15-27(35)36/h2-7,9-14,19,26H,1,8,15-18H2,(H,34,37)(H,35,36). The van der Waals surface area contributed by atoms with Crippen LogP contribution in [0.2, 0.25) is 0 Å². The third-order valence-corrected chi connectivity index (χ3v) is 8.08. The summed E-state index contributed by atoms with van der Waals surface area (Å²) in [4.78, 5) is 23.1. The van der Waals surface area contributed by atoms with Gasteiger partial charge in [0.2, 0.25) is 0 Å². The number of benzene rings is 3. The van der Waals surface area contributed by atoms with E-state index in [2.05, 4.69) is 17.4 Å². The number of hydrogen-bond donors (Lipinski definition) is 2. The maximum atomic E-state index is 12.9. The smallest absolute Gasteiger partial charge is 0.416 e. The van der Waals surface area contributed by atoms with Crippen molar-refractivity contribution in [1.29, 1.82) is 0 Å². The summed E-state index contributed by atoms with van der Waals surface area (Å²) < 4.78 is 38.8. The first-order chi connectivity index (χ1) is 17.7. The van der Waals surface area contributed by atoms with E-state index in [4.69, 9.17) is 5.11 Å². The lowest BCUT2D eigenvalue weighted by atomic mass is 9.64. The van der Waals surface area contributed by atoms with Gasteiger partial charge in [0.05, 0.1) is 12.0 Å². The zero-order valence-corrected chi connectivity index (χ0v) is 20.2. The molecule has 3 unspecified atom stereocenters. The molecule has 0 spiro atoms. The van der Waals surface area contributed by atoms with Crippen LogP contribution in [0.3, 0.4) is 0 Å². The topological polar surface area (TPSA) is 66.4 Å². The second kappa shape index (κ2) is 9.69. The van der Waals surface area contributed by atoms with E-state index in [0.29, 0.717) is 17.4 Å². The predicted molar refractivity (Wildman–Crippen MR) is 134 cm³/mol. The molecule has 3 aromatic carbocycles. The summed E-state index contributed by atoms with van der Waals surface area (Å²) in [7, 11) is 0. The van der Waals surface area contributed by atoms with Crippen molar-refractivity contribution in [1.82, 2.24) is 5.32 Å². The number of rotatable bonds is 7. The van der Waals surface area contributed by atoms with E-state index >= 15 is 0 Å². The van der Waals surface area contributed by atoms with Crippen molar-refractivity contribution in [3.63, 3.8) is 0 Å². The van der Waals surface area contributed by atoms with Gasteiger partial charge in [-0.1, -0.05) is 55.0 Å². The second-order valence-electron chi connectivity index (χ2n) is 10.2. The molecule has 7 heteroatoms. The number of carboxylic acids is 1. The lowest BCUT2D eigenvalue weighted by molar-refractivity contribution is -0.138. The number of carbonyl (C=O) groups is 2. The van der Waals surface area contributed by atoms with Gasteiger partial charge in [-0.15, -0.1) is 0 Å². The van der Waals surface area contributed by atoms with Crippen molar-refractivity contribution in [2.24, 2.45) is 11.8 Å². The number of hydrogen-bond acceptors (Lipinski definition) is 2. The molecule has 3 atom stereocenters. The summed E-state index contributed by atoms with van der Waals surface area (Å²) in [6.45, 7) is 0.0783. The van der Waals surface area contributed by atoms with Crippen molar-refractivity contribution in [2.45, 2.75) is 43.7 Å². The van der Waals surface area contributed by atoms with Gasteiger partial charge in [0, 0.05) is 17.5 Å². The Morgan fingerprint density at radius 3 is 1.92 bits per heavy atom. The van der Waals surface area contributed by atoms with Crippen molar-refractivity contribution in [3.8, 4) is 11.1 Å². The molecule has 37 heavy (non-hydrogen) atoms. The van der Waals surface area contributed by atoms with E-state index in [1.54, 1.807) is 12.1 Å².